The average Bonchev–Trinajstić information content (AvgIpc) is 2.94. The molecule has 170 valence electrons. The van der Waals surface area contributed by atoms with E-state index in [9.17, 15) is 4.79 Å². The molecule has 0 atom stereocenters. The molecule has 1 fully saturated rings. The number of hydrogen-bond donors (Lipinski definition) is 1. The number of amides is 1. The molecule has 0 unspecified atom stereocenters. The Kier molecular flexibility index (Phi) is 8.65. The van der Waals surface area contributed by atoms with Crippen LogP contribution in [0.1, 0.15) is 56.9 Å². The summed E-state index contributed by atoms with van der Waals surface area (Å²) < 4.78 is 12.0. The standard InChI is InChI=1S/C14H20BNO3.C13H16/c1-13(2)14(3,4)19-15(18-13)12-7-5-6-11(8-12)9-16-10-17;1-5-6-11(3)13-8-7-10(2)9-12(13)4/h5-8,10H,9H2,1-4H3,(H,16,17);5-9H,1H2,2-4H3/b;11-6+. The fourth-order valence-corrected chi connectivity index (χ4v) is 3.51. The molecule has 1 N–H and O–H groups in total. The molecular weight excluding hydrogens is 397 g/mol. The highest BCUT2D eigenvalue weighted by Crippen LogP contribution is 2.36. The third-order valence-corrected chi connectivity index (χ3v) is 6.04. The minimum Gasteiger partial charge on any atom is -0.399 e. The van der Waals surface area contributed by atoms with Crippen LogP contribution in [0.3, 0.4) is 0 Å². The largest absolute Gasteiger partial charge is 0.494 e. The summed E-state index contributed by atoms with van der Waals surface area (Å²) in [4.78, 5) is 10.3. The highest BCUT2D eigenvalue weighted by Gasteiger charge is 2.51. The summed E-state index contributed by atoms with van der Waals surface area (Å²) in [6.07, 6.45) is 4.56. The third-order valence-electron chi connectivity index (χ3n) is 6.04. The van der Waals surface area contributed by atoms with Gasteiger partial charge in [-0.25, -0.2) is 0 Å². The molecule has 0 aromatic heterocycles. The first kappa shape index (κ1) is 25.6. The fourth-order valence-electron chi connectivity index (χ4n) is 3.51. The van der Waals surface area contributed by atoms with Crippen LogP contribution in [0.4, 0.5) is 0 Å². The number of carbonyl (C=O) groups is 1. The predicted molar refractivity (Wildman–Crippen MR) is 135 cm³/mol. The zero-order valence-corrected chi connectivity index (χ0v) is 20.5. The molecule has 2 aromatic rings. The smallest absolute Gasteiger partial charge is 0.399 e. The maximum absolute atomic E-state index is 10.3. The van der Waals surface area contributed by atoms with Crippen molar-refractivity contribution in [1.29, 1.82) is 0 Å². The molecular formula is C27H36BNO3. The Morgan fingerprint density at radius 1 is 1.06 bits per heavy atom. The Labute approximate surface area is 193 Å². The van der Waals surface area contributed by atoms with Crippen molar-refractivity contribution in [3.05, 3.63) is 83.4 Å². The molecule has 1 aliphatic heterocycles. The normalized spacial score (nSPS) is 16.7. The Morgan fingerprint density at radius 2 is 1.72 bits per heavy atom. The van der Waals surface area contributed by atoms with Gasteiger partial charge >= 0.3 is 7.12 Å². The molecule has 5 heteroatoms. The zero-order valence-electron chi connectivity index (χ0n) is 20.5. The second-order valence-electron chi connectivity index (χ2n) is 9.24. The van der Waals surface area contributed by atoms with Crippen LogP contribution in [-0.2, 0) is 20.6 Å². The van der Waals surface area contributed by atoms with Gasteiger partial charge in [0, 0.05) is 6.54 Å². The second-order valence-corrected chi connectivity index (χ2v) is 9.24. The van der Waals surface area contributed by atoms with Crippen LogP contribution in [0.2, 0.25) is 0 Å². The number of rotatable bonds is 6. The average molecular weight is 433 g/mol. The molecule has 1 saturated heterocycles. The van der Waals surface area contributed by atoms with Gasteiger partial charge in [0.1, 0.15) is 0 Å². The van der Waals surface area contributed by atoms with E-state index in [1.165, 1.54) is 22.3 Å². The van der Waals surface area contributed by atoms with Crippen LogP contribution < -0.4 is 10.8 Å². The molecule has 4 nitrogen and oxygen atoms in total. The number of aryl methyl sites for hydroxylation is 2. The van der Waals surface area contributed by atoms with Crippen molar-refractivity contribution in [2.45, 2.75) is 66.2 Å². The molecule has 0 aliphatic carbocycles. The zero-order chi connectivity index (χ0) is 23.9. The third kappa shape index (κ3) is 6.44. The van der Waals surface area contributed by atoms with Crippen molar-refractivity contribution in [3.63, 3.8) is 0 Å². The predicted octanol–water partition coefficient (Wildman–Crippen LogP) is 5.12. The van der Waals surface area contributed by atoms with E-state index < -0.39 is 0 Å². The monoisotopic (exact) mass is 433 g/mol. The lowest BCUT2D eigenvalue weighted by molar-refractivity contribution is -0.109. The molecule has 1 aliphatic rings. The molecule has 0 spiro atoms. The SMILES string of the molecule is C=C/C=C(\C)c1ccc(C)cc1C.CC1(C)OB(c2cccc(CNC=O)c2)OC1(C)C. The van der Waals surface area contributed by atoms with Gasteiger partial charge in [-0.2, -0.15) is 0 Å². The van der Waals surface area contributed by atoms with Crippen molar-refractivity contribution >= 4 is 24.6 Å². The molecule has 3 rings (SSSR count). The molecule has 0 radical (unpaired) electrons. The maximum atomic E-state index is 10.3. The van der Waals surface area contributed by atoms with Gasteiger partial charge < -0.3 is 14.6 Å². The first-order valence-electron chi connectivity index (χ1n) is 11.0. The minimum atomic E-state index is -0.360. The highest BCUT2D eigenvalue weighted by molar-refractivity contribution is 6.62. The van der Waals surface area contributed by atoms with E-state index in [-0.39, 0.29) is 18.3 Å². The first-order valence-corrected chi connectivity index (χ1v) is 11.0. The summed E-state index contributed by atoms with van der Waals surface area (Å²) in [5, 5.41) is 2.65. The summed E-state index contributed by atoms with van der Waals surface area (Å²) in [7, 11) is -0.360. The van der Waals surface area contributed by atoms with Crippen molar-refractivity contribution in [2.75, 3.05) is 0 Å². The van der Waals surface area contributed by atoms with E-state index in [2.05, 4.69) is 50.9 Å². The molecule has 0 bridgehead atoms. The summed E-state index contributed by atoms with van der Waals surface area (Å²) in [5.41, 5.74) is 6.55. The first-order chi connectivity index (χ1) is 15.0. The number of allylic oxidation sites excluding steroid dienone is 3. The van der Waals surface area contributed by atoms with Gasteiger partial charge in [-0.1, -0.05) is 66.8 Å². The lowest BCUT2D eigenvalue weighted by atomic mass is 9.78. The van der Waals surface area contributed by atoms with Gasteiger partial charge in [0.15, 0.2) is 0 Å². The molecule has 2 aromatic carbocycles. The van der Waals surface area contributed by atoms with Crippen LogP contribution in [0.15, 0.2) is 61.2 Å². The van der Waals surface area contributed by atoms with Crippen LogP contribution in [0.25, 0.3) is 5.57 Å². The van der Waals surface area contributed by atoms with Crippen LogP contribution in [0.5, 0.6) is 0 Å². The Morgan fingerprint density at radius 3 is 2.28 bits per heavy atom. The van der Waals surface area contributed by atoms with Gasteiger partial charge in [-0.15, -0.1) is 0 Å². The van der Waals surface area contributed by atoms with Crippen molar-refractivity contribution in [3.8, 4) is 0 Å². The number of nitrogens with one attached hydrogen (secondary N) is 1. The summed E-state index contributed by atoms with van der Waals surface area (Å²) >= 11 is 0. The summed E-state index contributed by atoms with van der Waals surface area (Å²) in [5.74, 6) is 0. The van der Waals surface area contributed by atoms with Gasteiger partial charge in [0.2, 0.25) is 6.41 Å². The number of hydrogen-bond acceptors (Lipinski definition) is 3. The van der Waals surface area contributed by atoms with Crippen LogP contribution >= 0.6 is 0 Å². The molecule has 1 amide bonds. The number of carbonyl (C=O) groups excluding carboxylic acids is 1. The number of benzene rings is 2. The molecule has 32 heavy (non-hydrogen) atoms. The van der Waals surface area contributed by atoms with Crippen molar-refractivity contribution in [1.82, 2.24) is 5.32 Å². The van der Waals surface area contributed by atoms with E-state index in [4.69, 9.17) is 9.31 Å². The minimum absolute atomic E-state index is 0.339. The van der Waals surface area contributed by atoms with Crippen molar-refractivity contribution in [2.24, 2.45) is 0 Å². The van der Waals surface area contributed by atoms with Crippen LogP contribution in [-0.4, -0.2) is 24.7 Å². The highest BCUT2D eigenvalue weighted by atomic mass is 16.7. The van der Waals surface area contributed by atoms with Crippen molar-refractivity contribution < 1.29 is 14.1 Å². The van der Waals surface area contributed by atoms with E-state index in [1.807, 2.05) is 64.1 Å². The lowest BCUT2D eigenvalue weighted by Gasteiger charge is -2.32. The summed E-state index contributed by atoms with van der Waals surface area (Å²) in [6, 6.07) is 14.4. The molecule has 1 heterocycles. The topological polar surface area (TPSA) is 47.6 Å². The Balaban J connectivity index is 0.000000244. The van der Waals surface area contributed by atoms with Gasteiger partial charge in [0.25, 0.3) is 0 Å². The van der Waals surface area contributed by atoms with E-state index in [0.29, 0.717) is 13.0 Å². The lowest BCUT2D eigenvalue weighted by Crippen LogP contribution is -2.41. The van der Waals surface area contributed by atoms with E-state index in [1.54, 1.807) is 0 Å². The maximum Gasteiger partial charge on any atom is 0.494 e. The van der Waals surface area contributed by atoms with Crippen LogP contribution in [0, 0.1) is 13.8 Å². The van der Waals surface area contributed by atoms with E-state index >= 15 is 0 Å². The second kappa shape index (κ2) is 10.8. The Hall–Kier alpha value is -2.63. The van der Waals surface area contributed by atoms with Gasteiger partial charge in [0.05, 0.1) is 11.2 Å². The van der Waals surface area contributed by atoms with Gasteiger partial charge in [-0.05, 0) is 76.2 Å². The Bertz CT molecular complexity index is 963. The van der Waals surface area contributed by atoms with Gasteiger partial charge in [-0.3, -0.25) is 4.79 Å². The molecule has 0 saturated carbocycles. The van der Waals surface area contributed by atoms with E-state index in [0.717, 1.165) is 11.0 Å². The quantitative estimate of drug-likeness (QED) is 0.391. The summed E-state index contributed by atoms with van der Waals surface area (Å²) in [6.45, 7) is 18.7. The fraction of sp³-hybridized carbons (Fsp3) is 0.370.